The van der Waals surface area contributed by atoms with Crippen LogP contribution in [0.4, 0.5) is 8.78 Å². The summed E-state index contributed by atoms with van der Waals surface area (Å²) >= 11 is 6.10. The first-order valence-corrected chi connectivity index (χ1v) is 14.4. The van der Waals surface area contributed by atoms with E-state index in [1.54, 1.807) is 19.2 Å². The summed E-state index contributed by atoms with van der Waals surface area (Å²) in [7, 11) is 3.54. The molecule has 1 aliphatic heterocycles. The number of amides is 1. The first-order valence-electron chi connectivity index (χ1n) is 14.0. The van der Waals surface area contributed by atoms with Crippen molar-refractivity contribution in [3.63, 3.8) is 0 Å². The zero-order valence-electron chi connectivity index (χ0n) is 22.5. The number of nitrogens with zero attached hydrogens (tertiary/aromatic N) is 1. The molecule has 0 spiro atoms. The van der Waals surface area contributed by atoms with Crippen molar-refractivity contribution in [2.75, 3.05) is 40.4 Å². The molecule has 0 unspecified atom stereocenters. The van der Waals surface area contributed by atoms with Crippen molar-refractivity contribution in [1.29, 1.82) is 0 Å². The molecule has 5 nitrogen and oxygen atoms in total. The van der Waals surface area contributed by atoms with Crippen molar-refractivity contribution in [3.8, 4) is 0 Å². The van der Waals surface area contributed by atoms with Gasteiger partial charge in [0.25, 0.3) is 0 Å². The second kappa shape index (κ2) is 14.8. The second-order valence-electron chi connectivity index (χ2n) is 11.1. The number of piperidine rings is 1. The Morgan fingerprint density at radius 1 is 1.27 bits per heavy atom. The lowest BCUT2D eigenvalue weighted by Gasteiger charge is -2.43. The van der Waals surface area contributed by atoms with Gasteiger partial charge in [-0.2, -0.15) is 0 Å². The van der Waals surface area contributed by atoms with E-state index in [0.29, 0.717) is 64.1 Å². The summed E-state index contributed by atoms with van der Waals surface area (Å²) < 4.78 is 33.9. The van der Waals surface area contributed by atoms with E-state index in [0.717, 1.165) is 38.6 Å². The summed E-state index contributed by atoms with van der Waals surface area (Å²) in [5.74, 6) is -0.132. The molecule has 1 aliphatic carbocycles. The smallest absolute Gasteiger partial charge is 0.222 e. The number of alkyl halides is 1. The number of halogens is 3. The minimum atomic E-state index is -1.42. The lowest BCUT2D eigenvalue weighted by molar-refractivity contribution is -0.138. The molecule has 2 N–H and O–H groups in total. The summed E-state index contributed by atoms with van der Waals surface area (Å²) in [5, 5.41) is 15.2. The third kappa shape index (κ3) is 8.35. The number of carbonyl (C=O) groups is 1. The molecule has 1 aromatic carbocycles. The monoisotopic (exact) mass is 542 g/mol. The van der Waals surface area contributed by atoms with E-state index < -0.39 is 17.6 Å². The fraction of sp³-hybridized carbons (Fsp3) is 0.759. The van der Waals surface area contributed by atoms with Crippen molar-refractivity contribution in [1.82, 2.24) is 10.2 Å². The molecule has 37 heavy (non-hydrogen) atoms. The Balaban J connectivity index is 1.70. The summed E-state index contributed by atoms with van der Waals surface area (Å²) in [5.41, 5.74) is -1.20. The zero-order chi connectivity index (χ0) is 26.8. The summed E-state index contributed by atoms with van der Waals surface area (Å²) in [4.78, 5) is 15.3. The Kier molecular flexibility index (Phi) is 12.1. The first-order chi connectivity index (χ1) is 17.8. The van der Waals surface area contributed by atoms with Gasteiger partial charge in [0.05, 0.1) is 10.6 Å². The van der Waals surface area contributed by atoms with Crippen LogP contribution >= 0.6 is 11.6 Å². The third-order valence-electron chi connectivity index (χ3n) is 8.42. The highest BCUT2D eigenvalue weighted by atomic mass is 35.5. The molecule has 0 bridgehead atoms. The molecular formula is C29H45ClF2N2O3. The van der Waals surface area contributed by atoms with Gasteiger partial charge in [0.2, 0.25) is 5.91 Å². The minimum Gasteiger partial charge on any atom is -0.385 e. The Labute approximate surface area is 226 Å². The Morgan fingerprint density at radius 2 is 2.03 bits per heavy atom. The van der Waals surface area contributed by atoms with Gasteiger partial charge in [-0.05, 0) is 95.7 Å². The molecule has 2 aliphatic rings. The fourth-order valence-corrected chi connectivity index (χ4v) is 6.54. The number of hydrogen-bond acceptors (Lipinski definition) is 4. The second-order valence-corrected chi connectivity index (χ2v) is 11.5. The van der Waals surface area contributed by atoms with Crippen molar-refractivity contribution in [3.05, 3.63) is 34.6 Å². The van der Waals surface area contributed by atoms with Gasteiger partial charge in [-0.3, -0.25) is 4.79 Å². The predicted octanol–water partition coefficient (Wildman–Crippen LogP) is 5.87. The third-order valence-corrected chi connectivity index (χ3v) is 8.71. The van der Waals surface area contributed by atoms with Crippen molar-refractivity contribution in [2.45, 2.75) is 82.4 Å². The fourth-order valence-electron chi connectivity index (χ4n) is 6.36. The number of hydrogen-bond donors (Lipinski definition) is 2. The number of rotatable bonds is 13. The van der Waals surface area contributed by atoms with Crippen molar-refractivity contribution >= 4 is 17.5 Å². The number of unbranched alkanes of at least 4 members (excludes halogenated alkanes) is 1. The molecule has 8 heteroatoms. The number of ether oxygens (including phenoxy) is 1. The molecule has 1 aromatic rings. The molecule has 210 valence electrons. The molecule has 1 heterocycles. The molecule has 3 rings (SSSR count). The number of likely N-dealkylation sites (tertiary alicyclic amines) is 1. The quantitative estimate of drug-likeness (QED) is 0.306. The SMILES string of the molecule is CNC[C@@H](CC(=O)N1CCC[C@@H]([C@@](O)(CCCCOC)c2cccc(Cl)c2F)C1)CC1CCC(F)CC1. The van der Waals surface area contributed by atoms with Gasteiger partial charge < -0.3 is 20.1 Å². The van der Waals surface area contributed by atoms with Crippen LogP contribution in [-0.2, 0) is 15.1 Å². The van der Waals surface area contributed by atoms with E-state index in [4.69, 9.17) is 16.3 Å². The maximum absolute atomic E-state index is 15.2. The Morgan fingerprint density at radius 3 is 2.73 bits per heavy atom. The topological polar surface area (TPSA) is 61.8 Å². The average Bonchev–Trinajstić information content (AvgIpc) is 2.89. The van der Waals surface area contributed by atoms with Gasteiger partial charge in [-0.25, -0.2) is 8.78 Å². The van der Waals surface area contributed by atoms with Crippen LogP contribution in [0.1, 0.15) is 76.2 Å². The van der Waals surface area contributed by atoms with Crippen LogP contribution in [0.5, 0.6) is 0 Å². The van der Waals surface area contributed by atoms with Gasteiger partial charge in [-0.15, -0.1) is 0 Å². The molecule has 2 fully saturated rings. The first kappa shape index (κ1) is 30.3. The number of benzene rings is 1. The van der Waals surface area contributed by atoms with Crippen LogP contribution in [0.15, 0.2) is 18.2 Å². The van der Waals surface area contributed by atoms with Crippen LogP contribution in [0.2, 0.25) is 5.02 Å². The number of nitrogens with one attached hydrogen (secondary N) is 1. The number of aliphatic hydroxyl groups is 1. The summed E-state index contributed by atoms with van der Waals surface area (Å²) in [6, 6.07) is 4.78. The molecule has 0 radical (unpaired) electrons. The average molecular weight is 543 g/mol. The maximum Gasteiger partial charge on any atom is 0.222 e. The van der Waals surface area contributed by atoms with Crippen LogP contribution in [0, 0.1) is 23.6 Å². The molecule has 1 saturated carbocycles. The molecule has 1 amide bonds. The van der Waals surface area contributed by atoms with Crippen LogP contribution in [0.25, 0.3) is 0 Å². The van der Waals surface area contributed by atoms with Gasteiger partial charge in [0.1, 0.15) is 12.0 Å². The highest BCUT2D eigenvalue weighted by Crippen LogP contribution is 2.42. The van der Waals surface area contributed by atoms with Gasteiger partial charge in [0, 0.05) is 44.7 Å². The van der Waals surface area contributed by atoms with E-state index in [9.17, 15) is 14.3 Å². The summed E-state index contributed by atoms with van der Waals surface area (Å²) in [6.07, 6.45) is 6.99. The molecule has 3 atom stereocenters. The van der Waals surface area contributed by atoms with Gasteiger partial charge >= 0.3 is 0 Å². The van der Waals surface area contributed by atoms with Crippen LogP contribution in [-0.4, -0.2) is 62.5 Å². The lowest BCUT2D eigenvalue weighted by atomic mass is 9.73. The normalized spacial score (nSPS) is 25.0. The zero-order valence-corrected chi connectivity index (χ0v) is 23.2. The Hall–Kier alpha value is -1.28. The maximum atomic E-state index is 15.2. The number of methoxy groups -OCH3 is 1. The molecule has 0 aromatic heterocycles. The van der Waals surface area contributed by atoms with Gasteiger partial charge in [0.15, 0.2) is 0 Å². The van der Waals surface area contributed by atoms with E-state index in [1.807, 2.05) is 11.9 Å². The van der Waals surface area contributed by atoms with Crippen molar-refractivity contribution < 1.29 is 23.4 Å². The van der Waals surface area contributed by atoms with Crippen LogP contribution in [0.3, 0.4) is 0 Å². The van der Waals surface area contributed by atoms with E-state index in [-0.39, 0.29) is 28.3 Å². The lowest BCUT2D eigenvalue weighted by Crippen LogP contribution is -2.49. The van der Waals surface area contributed by atoms with Crippen LogP contribution < -0.4 is 5.32 Å². The van der Waals surface area contributed by atoms with Crippen molar-refractivity contribution in [2.24, 2.45) is 17.8 Å². The standard InChI is InChI=1S/C29H45ClF2N2O3/c1-33-19-22(17-21-10-12-24(31)13-11-21)18-27(35)34-15-6-7-23(20-34)29(36,14-3-4-16-37-2)25-8-5-9-26(30)28(25)32/h5,8-9,21-24,33,36H,3-4,6-7,10-20H2,1-2H3/t21?,22-,23-,24?,29+/m1/s1. The largest absolute Gasteiger partial charge is 0.385 e. The molecular weight excluding hydrogens is 498 g/mol. The highest BCUT2D eigenvalue weighted by Gasteiger charge is 2.43. The minimum absolute atomic E-state index is 0.00624. The summed E-state index contributed by atoms with van der Waals surface area (Å²) in [6.45, 7) is 2.36. The highest BCUT2D eigenvalue weighted by molar-refractivity contribution is 6.30. The Bertz CT molecular complexity index is 852. The number of carbonyl (C=O) groups excluding carboxylic acids is 1. The van der Waals surface area contributed by atoms with Gasteiger partial charge in [-0.1, -0.05) is 23.7 Å². The molecule has 1 saturated heterocycles. The van der Waals surface area contributed by atoms with E-state index in [1.165, 1.54) is 6.07 Å². The predicted molar refractivity (Wildman–Crippen MR) is 144 cm³/mol. The van der Waals surface area contributed by atoms with E-state index in [2.05, 4.69) is 5.32 Å². The van der Waals surface area contributed by atoms with E-state index >= 15 is 4.39 Å².